The zero-order chi connectivity index (χ0) is 16.6. The number of aryl methyl sites for hydroxylation is 1. The van der Waals surface area contributed by atoms with Gasteiger partial charge in [-0.05, 0) is 43.9 Å². The zero-order valence-corrected chi connectivity index (χ0v) is 14.8. The van der Waals surface area contributed by atoms with E-state index in [9.17, 15) is 4.79 Å². The summed E-state index contributed by atoms with van der Waals surface area (Å²) in [4.78, 5) is 12.3. The summed E-state index contributed by atoms with van der Waals surface area (Å²) in [7, 11) is 0. The molecule has 0 amide bonds. The van der Waals surface area contributed by atoms with E-state index in [1.165, 1.54) is 17.3 Å². The Morgan fingerprint density at radius 3 is 2.48 bits per heavy atom. The lowest BCUT2D eigenvalue weighted by Gasteiger charge is -2.29. The van der Waals surface area contributed by atoms with E-state index in [1.807, 2.05) is 31.4 Å². The predicted molar refractivity (Wildman–Crippen MR) is 96.3 cm³/mol. The molecule has 23 heavy (non-hydrogen) atoms. The second-order valence-corrected chi connectivity index (χ2v) is 6.80. The maximum atomic E-state index is 12.3. The van der Waals surface area contributed by atoms with Gasteiger partial charge in [-0.1, -0.05) is 53.2 Å². The van der Waals surface area contributed by atoms with Crippen LogP contribution < -0.4 is 4.74 Å². The van der Waals surface area contributed by atoms with Gasteiger partial charge in [0.15, 0.2) is 10.9 Å². The Bertz CT molecular complexity index is 794. The Balaban J connectivity index is 2.26. The highest BCUT2D eigenvalue weighted by molar-refractivity contribution is 8.02. The highest BCUT2D eigenvalue weighted by Gasteiger charge is 2.33. The summed E-state index contributed by atoms with van der Waals surface area (Å²) in [6.07, 6.45) is 1.92. The summed E-state index contributed by atoms with van der Waals surface area (Å²) >= 11 is 7.65. The summed E-state index contributed by atoms with van der Waals surface area (Å²) < 4.78 is 5.95. The highest BCUT2D eigenvalue weighted by atomic mass is 35.5. The van der Waals surface area contributed by atoms with Gasteiger partial charge in [-0.15, -0.1) is 0 Å². The number of halogens is 1. The number of hydrogen-bond acceptors (Lipinski definition) is 3. The number of carbonyl (C=O) groups is 1. The maximum Gasteiger partial charge on any atom is 0.168 e. The molecule has 0 fully saturated rings. The molecule has 3 rings (SSSR count). The lowest BCUT2D eigenvalue weighted by molar-refractivity contribution is -0.114. The van der Waals surface area contributed by atoms with Crippen LogP contribution in [0.2, 0.25) is 5.02 Å². The van der Waals surface area contributed by atoms with Crippen LogP contribution >= 0.6 is 23.4 Å². The number of carbonyl (C=O) groups excluding carboxylic acids is 1. The molecule has 0 saturated carbocycles. The average Bonchev–Trinajstić information content (AvgIpc) is 2.53. The molecule has 0 aliphatic carbocycles. The van der Waals surface area contributed by atoms with Crippen molar-refractivity contribution in [2.75, 3.05) is 6.26 Å². The first-order chi connectivity index (χ1) is 11.0. The van der Waals surface area contributed by atoms with Crippen molar-refractivity contribution in [3.05, 3.63) is 74.8 Å². The SMILES string of the molecule is CSC1=C(C(C)=O)C(c2ccc(C)cc2)c2cc(Cl)ccc2O1. The van der Waals surface area contributed by atoms with E-state index in [0.717, 1.165) is 16.9 Å². The molecule has 118 valence electrons. The first-order valence-corrected chi connectivity index (χ1v) is 8.94. The molecule has 2 aromatic rings. The number of thioether (sulfide) groups is 1. The lowest BCUT2D eigenvalue weighted by atomic mass is 9.82. The molecule has 0 N–H and O–H groups in total. The van der Waals surface area contributed by atoms with Crippen LogP contribution in [0.15, 0.2) is 53.1 Å². The quantitative estimate of drug-likeness (QED) is 0.752. The fourth-order valence-corrected chi connectivity index (χ4v) is 3.70. The Morgan fingerprint density at radius 1 is 1.17 bits per heavy atom. The molecule has 1 aliphatic heterocycles. The normalized spacial score (nSPS) is 16.8. The third kappa shape index (κ3) is 3.04. The van der Waals surface area contributed by atoms with Gasteiger partial charge in [-0.3, -0.25) is 4.79 Å². The van der Waals surface area contributed by atoms with Gasteiger partial charge in [-0.25, -0.2) is 0 Å². The van der Waals surface area contributed by atoms with Crippen LogP contribution in [0.3, 0.4) is 0 Å². The number of fused-ring (bicyclic) bond motifs is 1. The number of rotatable bonds is 3. The van der Waals surface area contributed by atoms with Crippen molar-refractivity contribution in [3.63, 3.8) is 0 Å². The summed E-state index contributed by atoms with van der Waals surface area (Å²) in [5.41, 5.74) is 3.88. The minimum Gasteiger partial charge on any atom is -0.450 e. The van der Waals surface area contributed by atoms with Crippen LogP contribution in [0.25, 0.3) is 0 Å². The van der Waals surface area contributed by atoms with Crippen molar-refractivity contribution in [2.24, 2.45) is 0 Å². The number of Topliss-reactive ketones (excluding diaryl/α,β-unsaturated/α-hetero) is 1. The van der Waals surface area contributed by atoms with Gasteiger partial charge in [0.05, 0.1) is 5.57 Å². The molecule has 1 heterocycles. The lowest BCUT2D eigenvalue weighted by Crippen LogP contribution is -2.20. The van der Waals surface area contributed by atoms with Gasteiger partial charge < -0.3 is 4.74 Å². The van der Waals surface area contributed by atoms with Crippen molar-refractivity contribution in [3.8, 4) is 5.75 Å². The van der Waals surface area contributed by atoms with Gasteiger partial charge in [0.25, 0.3) is 0 Å². The monoisotopic (exact) mass is 344 g/mol. The fraction of sp³-hybridized carbons (Fsp3) is 0.211. The van der Waals surface area contributed by atoms with E-state index in [0.29, 0.717) is 15.7 Å². The third-order valence-corrected chi connectivity index (χ3v) is 4.88. The summed E-state index contributed by atoms with van der Waals surface area (Å²) in [5, 5.41) is 1.30. The van der Waals surface area contributed by atoms with Crippen LogP contribution in [0.4, 0.5) is 0 Å². The maximum absolute atomic E-state index is 12.3. The van der Waals surface area contributed by atoms with Crippen LogP contribution in [0.1, 0.15) is 29.5 Å². The van der Waals surface area contributed by atoms with E-state index in [1.54, 1.807) is 6.92 Å². The van der Waals surface area contributed by atoms with Crippen molar-refractivity contribution in [1.29, 1.82) is 0 Å². The Labute approximate surface area is 145 Å². The largest absolute Gasteiger partial charge is 0.450 e. The minimum absolute atomic E-state index is 0.0190. The van der Waals surface area contributed by atoms with Crippen LogP contribution in [-0.4, -0.2) is 12.0 Å². The molecule has 0 aromatic heterocycles. The molecule has 0 radical (unpaired) electrons. The Morgan fingerprint density at radius 2 is 1.87 bits per heavy atom. The van der Waals surface area contributed by atoms with E-state index in [2.05, 4.69) is 24.3 Å². The van der Waals surface area contributed by atoms with Crippen molar-refractivity contribution < 1.29 is 9.53 Å². The van der Waals surface area contributed by atoms with Gasteiger partial charge in [0, 0.05) is 16.5 Å². The van der Waals surface area contributed by atoms with Crippen molar-refractivity contribution >= 4 is 29.1 Å². The molecule has 1 aliphatic rings. The topological polar surface area (TPSA) is 26.3 Å². The first-order valence-electron chi connectivity index (χ1n) is 7.34. The number of allylic oxidation sites excluding steroid dienone is 1. The van der Waals surface area contributed by atoms with Crippen LogP contribution in [0.5, 0.6) is 5.75 Å². The standard InChI is InChI=1S/C19H17ClO2S/c1-11-4-6-13(7-5-11)18-15-10-14(20)8-9-16(15)22-19(23-3)17(18)12(2)21/h4-10,18H,1-3H3. The van der Waals surface area contributed by atoms with Crippen molar-refractivity contribution in [2.45, 2.75) is 19.8 Å². The minimum atomic E-state index is -0.155. The molecular formula is C19H17ClO2S. The molecule has 2 nitrogen and oxygen atoms in total. The van der Waals surface area contributed by atoms with E-state index < -0.39 is 0 Å². The van der Waals surface area contributed by atoms with Crippen molar-refractivity contribution in [1.82, 2.24) is 0 Å². The van der Waals surface area contributed by atoms with Gasteiger partial charge >= 0.3 is 0 Å². The predicted octanol–water partition coefficient (Wildman–Crippen LogP) is 5.34. The first kappa shape index (κ1) is 16.2. The summed E-state index contributed by atoms with van der Waals surface area (Å²) in [6, 6.07) is 13.8. The van der Waals surface area contributed by atoms with Gasteiger partial charge in [-0.2, -0.15) is 0 Å². The van der Waals surface area contributed by atoms with E-state index in [-0.39, 0.29) is 11.7 Å². The highest BCUT2D eigenvalue weighted by Crippen LogP contribution is 2.46. The zero-order valence-electron chi connectivity index (χ0n) is 13.2. The van der Waals surface area contributed by atoms with E-state index >= 15 is 0 Å². The molecule has 2 aromatic carbocycles. The second-order valence-electron chi connectivity index (χ2n) is 5.59. The molecule has 1 unspecified atom stereocenters. The van der Waals surface area contributed by atoms with Crippen LogP contribution in [0, 0.1) is 6.92 Å². The van der Waals surface area contributed by atoms with Gasteiger partial charge in [0.2, 0.25) is 0 Å². The Hall–Kier alpha value is -1.71. The number of ether oxygens (including phenoxy) is 1. The van der Waals surface area contributed by atoms with Crippen LogP contribution in [-0.2, 0) is 4.79 Å². The third-order valence-electron chi connectivity index (χ3n) is 3.97. The fourth-order valence-electron chi connectivity index (χ4n) is 2.87. The smallest absolute Gasteiger partial charge is 0.168 e. The number of benzene rings is 2. The molecule has 0 spiro atoms. The molecule has 0 saturated heterocycles. The summed E-state index contributed by atoms with van der Waals surface area (Å²) in [6.45, 7) is 3.64. The average molecular weight is 345 g/mol. The molecule has 1 atom stereocenters. The Kier molecular flexibility index (Phi) is 4.51. The number of hydrogen-bond donors (Lipinski definition) is 0. The molecule has 0 bridgehead atoms. The van der Waals surface area contributed by atoms with Gasteiger partial charge in [0.1, 0.15) is 5.75 Å². The summed E-state index contributed by atoms with van der Waals surface area (Å²) in [5.74, 6) is 0.623. The molecular weight excluding hydrogens is 328 g/mol. The second kappa shape index (κ2) is 6.42. The number of ketones is 1. The van der Waals surface area contributed by atoms with E-state index in [4.69, 9.17) is 16.3 Å². The molecule has 4 heteroatoms.